The third-order valence-electron chi connectivity index (χ3n) is 2.46. The van der Waals surface area contributed by atoms with Gasteiger partial charge in [-0.15, -0.1) is 0 Å². The smallest absolute Gasteiger partial charge is 0.198 e. The lowest BCUT2D eigenvalue weighted by Crippen LogP contribution is -2.26. The van der Waals surface area contributed by atoms with Crippen molar-refractivity contribution in [3.05, 3.63) is 29.9 Å². The lowest BCUT2D eigenvalue weighted by atomic mass is 10.2. The fourth-order valence-corrected chi connectivity index (χ4v) is 1.68. The van der Waals surface area contributed by atoms with Crippen LogP contribution in [0.25, 0.3) is 11.1 Å². The number of nitrogens with two attached hydrogens (primary N) is 1. The summed E-state index contributed by atoms with van der Waals surface area (Å²) in [5.41, 5.74) is 6.67. The average Bonchev–Trinajstić information content (AvgIpc) is 2.69. The zero-order chi connectivity index (χ0) is 12.3. The first-order chi connectivity index (χ1) is 8.22. The van der Waals surface area contributed by atoms with E-state index in [2.05, 4.69) is 4.98 Å². The van der Waals surface area contributed by atoms with Gasteiger partial charge in [0.05, 0.1) is 12.5 Å². The molecule has 2 rings (SSSR count). The summed E-state index contributed by atoms with van der Waals surface area (Å²) < 4.78 is 23.9. The molecule has 0 radical (unpaired) electrons. The van der Waals surface area contributed by atoms with Gasteiger partial charge in [-0.05, 0) is 19.1 Å². The van der Waals surface area contributed by atoms with Crippen molar-refractivity contribution in [2.75, 3.05) is 13.2 Å². The molecule has 1 unspecified atom stereocenters. The van der Waals surface area contributed by atoms with Crippen LogP contribution in [0.3, 0.4) is 0 Å². The maximum Gasteiger partial charge on any atom is 0.198 e. The van der Waals surface area contributed by atoms with Crippen molar-refractivity contribution in [1.29, 1.82) is 0 Å². The number of ether oxygens (including phenoxy) is 1. The van der Waals surface area contributed by atoms with Crippen molar-refractivity contribution in [3.8, 4) is 0 Å². The van der Waals surface area contributed by atoms with E-state index in [1.165, 1.54) is 12.1 Å². The van der Waals surface area contributed by atoms with Gasteiger partial charge < -0.3 is 14.9 Å². The molecule has 1 atom stereocenters. The van der Waals surface area contributed by atoms with Crippen molar-refractivity contribution in [1.82, 2.24) is 4.98 Å². The third-order valence-corrected chi connectivity index (χ3v) is 2.46. The highest BCUT2D eigenvalue weighted by molar-refractivity contribution is 5.72. The molecule has 2 aromatic rings. The molecule has 92 valence electrons. The summed E-state index contributed by atoms with van der Waals surface area (Å²) in [4.78, 5) is 4.20. The number of fused-ring (bicyclic) bond motifs is 1. The van der Waals surface area contributed by atoms with E-state index >= 15 is 0 Å². The van der Waals surface area contributed by atoms with Gasteiger partial charge in [0, 0.05) is 19.2 Å². The van der Waals surface area contributed by atoms with Crippen molar-refractivity contribution < 1.29 is 13.5 Å². The Labute approximate surface area is 98.6 Å². The summed E-state index contributed by atoms with van der Waals surface area (Å²) in [7, 11) is 0. The maximum atomic E-state index is 13.0. The number of benzene rings is 1. The van der Waals surface area contributed by atoms with Crippen LogP contribution < -0.4 is 5.73 Å². The minimum absolute atomic E-state index is 0.113. The van der Waals surface area contributed by atoms with Gasteiger partial charge in [0.25, 0.3) is 0 Å². The minimum Gasteiger partial charge on any atom is -0.441 e. The van der Waals surface area contributed by atoms with Crippen LogP contribution in [0.4, 0.5) is 4.39 Å². The van der Waals surface area contributed by atoms with Gasteiger partial charge in [0.2, 0.25) is 0 Å². The highest BCUT2D eigenvalue weighted by atomic mass is 19.1. The number of hydrogen-bond acceptors (Lipinski definition) is 4. The van der Waals surface area contributed by atoms with Crippen molar-refractivity contribution in [2.45, 2.75) is 19.4 Å². The molecular formula is C12H15FN2O2. The van der Waals surface area contributed by atoms with Crippen molar-refractivity contribution in [3.63, 3.8) is 0 Å². The Bertz CT molecular complexity index is 498. The topological polar surface area (TPSA) is 61.3 Å². The van der Waals surface area contributed by atoms with Crippen LogP contribution in [0.5, 0.6) is 0 Å². The first kappa shape index (κ1) is 12.0. The lowest BCUT2D eigenvalue weighted by molar-refractivity contribution is 0.0651. The van der Waals surface area contributed by atoms with E-state index in [4.69, 9.17) is 14.9 Å². The van der Waals surface area contributed by atoms with Crippen molar-refractivity contribution >= 4 is 11.1 Å². The van der Waals surface area contributed by atoms with Crippen LogP contribution in [0.2, 0.25) is 0 Å². The largest absolute Gasteiger partial charge is 0.441 e. The second-order valence-electron chi connectivity index (χ2n) is 3.74. The number of hydrogen-bond donors (Lipinski definition) is 1. The van der Waals surface area contributed by atoms with Crippen LogP contribution in [0.15, 0.2) is 22.6 Å². The fraction of sp³-hybridized carbons (Fsp3) is 0.417. The van der Waals surface area contributed by atoms with E-state index in [1.807, 2.05) is 6.92 Å². The van der Waals surface area contributed by atoms with Crippen molar-refractivity contribution in [2.24, 2.45) is 5.73 Å². The molecule has 0 aliphatic heterocycles. The summed E-state index contributed by atoms with van der Waals surface area (Å²) in [6.45, 7) is 2.90. The molecular weight excluding hydrogens is 223 g/mol. The SMILES string of the molecule is CCOC(CN)Cc1nc2cc(F)ccc2o1. The molecule has 4 nitrogen and oxygen atoms in total. The molecule has 0 saturated carbocycles. The molecule has 0 aliphatic rings. The third kappa shape index (κ3) is 2.81. The fourth-order valence-electron chi connectivity index (χ4n) is 1.68. The molecule has 0 aliphatic carbocycles. The highest BCUT2D eigenvalue weighted by Crippen LogP contribution is 2.17. The Morgan fingerprint density at radius 2 is 2.35 bits per heavy atom. The summed E-state index contributed by atoms with van der Waals surface area (Å²) >= 11 is 0. The molecule has 0 amide bonds. The van der Waals surface area contributed by atoms with Gasteiger partial charge in [0.1, 0.15) is 11.3 Å². The second-order valence-corrected chi connectivity index (χ2v) is 3.74. The summed E-state index contributed by atoms with van der Waals surface area (Å²) in [5, 5.41) is 0. The first-order valence-electron chi connectivity index (χ1n) is 5.59. The van der Waals surface area contributed by atoms with Crippen LogP contribution >= 0.6 is 0 Å². The Balaban J connectivity index is 2.18. The van der Waals surface area contributed by atoms with E-state index in [0.29, 0.717) is 36.6 Å². The highest BCUT2D eigenvalue weighted by Gasteiger charge is 2.13. The average molecular weight is 238 g/mol. The molecule has 0 fully saturated rings. The van der Waals surface area contributed by atoms with E-state index in [1.54, 1.807) is 6.07 Å². The normalized spacial score (nSPS) is 13.1. The monoisotopic (exact) mass is 238 g/mol. The van der Waals surface area contributed by atoms with E-state index in [0.717, 1.165) is 0 Å². The maximum absolute atomic E-state index is 13.0. The standard InChI is InChI=1S/C12H15FN2O2/c1-2-16-9(7-14)6-12-15-10-5-8(13)3-4-11(10)17-12/h3-5,9H,2,6-7,14H2,1H3. The molecule has 0 spiro atoms. The zero-order valence-corrected chi connectivity index (χ0v) is 9.65. The molecule has 1 aromatic carbocycles. The zero-order valence-electron chi connectivity index (χ0n) is 9.65. The van der Waals surface area contributed by atoms with E-state index in [-0.39, 0.29) is 11.9 Å². The molecule has 0 saturated heterocycles. The summed E-state index contributed by atoms with van der Waals surface area (Å²) in [5.74, 6) is 0.201. The predicted octanol–water partition coefficient (Wildman–Crippen LogP) is 1.87. The van der Waals surface area contributed by atoms with Gasteiger partial charge in [-0.25, -0.2) is 9.37 Å². The van der Waals surface area contributed by atoms with Gasteiger partial charge in [-0.3, -0.25) is 0 Å². The number of rotatable bonds is 5. The van der Waals surface area contributed by atoms with Crippen LogP contribution in [-0.2, 0) is 11.2 Å². The Morgan fingerprint density at radius 1 is 1.53 bits per heavy atom. The minimum atomic E-state index is -0.322. The van der Waals surface area contributed by atoms with Crippen LogP contribution in [-0.4, -0.2) is 24.2 Å². The first-order valence-corrected chi connectivity index (χ1v) is 5.59. The number of aromatic nitrogens is 1. The van der Waals surface area contributed by atoms with E-state index < -0.39 is 0 Å². The number of oxazole rings is 1. The quantitative estimate of drug-likeness (QED) is 0.863. The summed E-state index contributed by atoms with van der Waals surface area (Å²) in [6, 6.07) is 4.26. The molecule has 1 heterocycles. The molecule has 0 bridgehead atoms. The Morgan fingerprint density at radius 3 is 3.06 bits per heavy atom. The Hall–Kier alpha value is -1.46. The number of halogens is 1. The molecule has 5 heteroatoms. The number of nitrogens with zero attached hydrogens (tertiary/aromatic N) is 1. The van der Waals surface area contributed by atoms with Gasteiger partial charge >= 0.3 is 0 Å². The molecule has 17 heavy (non-hydrogen) atoms. The Kier molecular flexibility index (Phi) is 3.71. The molecule has 1 aromatic heterocycles. The summed E-state index contributed by atoms with van der Waals surface area (Å²) in [6.07, 6.45) is 0.388. The van der Waals surface area contributed by atoms with E-state index in [9.17, 15) is 4.39 Å². The van der Waals surface area contributed by atoms with Crippen LogP contribution in [0, 0.1) is 5.82 Å². The predicted molar refractivity (Wildman–Crippen MR) is 62.1 cm³/mol. The lowest BCUT2D eigenvalue weighted by Gasteiger charge is -2.11. The van der Waals surface area contributed by atoms with Crippen LogP contribution in [0.1, 0.15) is 12.8 Å². The second kappa shape index (κ2) is 5.25. The van der Waals surface area contributed by atoms with Gasteiger partial charge in [0.15, 0.2) is 11.5 Å². The van der Waals surface area contributed by atoms with Gasteiger partial charge in [-0.1, -0.05) is 0 Å². The van der Waals surface area contributed by atoms with Gasteiger partial charge in [-0.2, -0.15) is 0 Å². The molecule has 2 N–H and O–H groups in total.